The zero-order valence-electron chi connectivity index (χ0n) is 17.1. The zero-order valence-corrected chi connectivity index (χ0v) is 17.1. The molecule has 2 heterocycles. The van der Waals surface area contributed by atoms with E-state index in [2.05, 4.69) is 15.6 Å². The Hall–Kier alpha value is -2.26. The van der Waals surface area contributed by atoms with Gasteiger partial charge in [0, 0.05) is 24.3 Å². The van der Waals surface area contributed by atoms with Crippen LogP contribution in [0.15, 0.2) is 41.5 Å². The standard InChI is InChI=1S/C21H30N4O4/c1-21(2,3)29-20(28)24-16-6-5-15(10-16)23-18-8-7-17(11-22-18)25-12-14(13-26)4-9-19(25)27/h4,7-9,11-12,15-16,20,24,26,28H,5-6,10,13H2,1-3H3,(H,22,23)/t15-,16-,20?/m0/s1. The number of ether oxygens (including phenoxy) is 1. The van der Waals surface area contributed by atoms with E-state index in [4.69, 9.17) is 4.74 Å². The van der Waals surface area contributed by atoms with Gasteiger partial charge in [-0.25, -0.2) is 4.98 Å². The van der Waals surface area contributed by atoms with Gasteiger partial charge in [0.05, 0.1) is 24.1 Å². The van der Waals surface area contributed by atoms with Crippen LogP contribution >= 0.6 is 0 Å². The Balaban J connectivity index is 1.56. The fraction of sp³-hybridized carbons (Fsp3) is 0.524. The fourth-order valence-corrected chi connectivity index (χ4v) is 3.48. The van der Waals surface area contributed by atoms with E-state index in [0.29, 0.717) is 11.3 Å². The summed E-state index contributed by atoms with van der Waals surface area (Å²) in [6, 6.07) is 7.11. The van der Waals surface area contributed by atoms with Gasteiger partial charge in [0.2, 0.25) is 6.41 Å². The zero-order chi connectivity index (χ0) is 21.0. The summed E-state index contributed by atoms with van der Waals surface area (Å²) in [5, 5.41) is 25.8. The predicted octanol–water partition coefficient (Wildman–Crippen LogP) is 1.74. The number of hydrogen-bond acceptors (Lipinski definition) is 7. The molecule has 8 heteroatoms. The summed E-state index contributed by atoms with van der Waals surface area (Å²) in [6.45, 7) is 5.58. The number of aliphatic hydroxyl groups is 2. The molecule has 3 rings (SSSR count). The first kappa shape index (κ1) is 21.4. The number of nitrogens with zero attached hydrogens (tertiary/aromatic N) is 2. The van der Waals surface area contributed by atoms with Gasteiger partial charge in [-0.3, -0.25) is 14.7 Å². The maximum absolute atomic E-state index is 12.1. The summed E-state index contributed by atoms with van der Waals surface area (Å²) in [5.41, 5.74) is 0.719. The maximum Gasteiger partial charge on any atom is 0.255 e. The van der Waals surface area contributed by atoms with Crippen LogP contribution < -0.4 is 16.2 Å². The van der Waals surface area contributed by atoms with Crippen molar-refractivity contribution < 1.29 is 14.9 Å². The van der Waals surface area contributed by atoms with Crippen LogP contribution in [0.2, 0.25) is 0 Å². The first-order chi connectivity index (χ1) is 13.7. The van der Waals surface area contributed by atoms with E-state index < -0.39 is 12.0 Å². The second-order valence-corrected chi connectivity index (χ2v) is 8.41. The molecule has 1 aliphatic rings. The first-order valence-electron chi connectivity index (χ1n) is 9.91. The topological polar surface area (TPSA) is 109 Å². The van der Waals surface area contributed by atoms with E-state index in [1.807, 2.05) is 32.9 Å². The van der Waals surface area contributed by atoms with Crippen molar-refractivity contribution in [3.63, 3.8) is 0 Å². The summed E-state index contributed by atoms with van der Waals surface area (Å²) in [4.78, 5) is 16.5. The average Bonchev–Trinajstić information content (AvgIpc) is 3.08. The van der Waals surface area contributed by atoms with Crippen LogP contribution in [0.25, 0.3) is 5.69 Å². The van der Waals surface area contributed by atoms with Gasteiger partial charge < -0.3 is 20.3 Å². The molecule has 1 aliphatic carbocycles. The van der Waals surface area contributed by atoms with Crippen molar-refractivity contribution in [1.29, 1.82) is 0 Å². The van der Waals surface area contributed by atoms with Gasteiger partial charge in [-0.15, -0.1) is 0 Å². The second kappa shape index (κ2) is 9.04. The molecule has 8 nitrogen and oxygen atoms in total. The van der Waals surface area contributed by atoms with Gasteiger partial charge in [0.15, 0.2) is 0 Å². The molecule has 1 saturated carbocycles. The third-order valence-corrected chi connectivity index (χ3v) is 4.81. The molecule has 2 aromatic rings. The lowest BCUT2D eigenvalue weighted by Crippen LogP contribution is -2.43. The van der Waals surface area contributed by atoms with Gasteiger partial charge in [-0.2, -0.15) is 0 Å². The van der Waals surface area contributed by atoms with Gasteiger partial charge in [-0.1, -0.05) is 0 Å². The summed E-state index contributed by atoms with van der Waals surface area (Å²) in [6.07, 6.45) is 5.02. The molecule has 2 aromatic heterocycles. The lowest BCUT2D eigenvalue weighted by molar-refractivity contribution is -0.185. The van der Waals surface area contributed by atoms with Crippen molar-refractivity contribution in [2.45, 2.75) is 70.7 Å². The minimum atomic E-state index is -0.982. The van der Waals surface area contributed by atoms with Crippen LogP contribution in [0.5, 0.6) is 0 Å². The van der Waals surface area contributed by atoms with Crippen molar-refractivity contribution in [3.05, 3.63) is 52.6 Å². The van der Waals surface area contributed by atoms with Crippen LogP contribution in [0.3, 0.4) is 0 Å². The SMILES string of the molecule is CC(C)(C)OC(O)N[C@H]1CC[C@H](Nc2ccc(-n3cc(CO)ccc3=O)cn2)C1. The largest absolute Gasteiger partial charge is 0.392 e. The smallest absolute Gasteiger partial charge is 0.255 e. The molecule has 0 saturated heterocycles. The Labute approximate surface area is 170 Å². The predicted molar refractivity (Wildman–Crippen MR) is 111 cm³/mol. The van der Waals surface area contributed by atoms with Crippen LogP contribution in [0.1, 0.15) is 45.6 Å². The Morgan fingerprint density at radius 1 is 1.24 bits per heavy atom. The van der Waals surface area contributed by atoms with Crippen LogP contribution in [-0.2, 0) is 11.3 Å². The minimum absolute atomic E-state index is 0.125. The molecule has 0 radical (unpaired) electrons. The van der Waals surface area contributed by atoms with E-state index in [9.17, 15) is 15.0 Å². The van der Waals surface area contributed by atoms with Crippen molar-refractivity contribution in [3.8, 4) is 5.69 Å². The minimum Gasteiger partial charge on any atom is -0.392 e. The summed E-state index contributed by atoms with van der Waals surface area (Å²) >= 11 is 0. The molecule has 1 fully saturated rings. The number of hydrogen-bond donors (Lipinski definition) is 4. The van der Waals surface area contributed by atoms with E-state index >= 15 is 0 Å². The highest BCUT2D eigenvalue weighted by molar-refractivity contribution is 5.42. The molecule has 0 aromatic carbocycles. The molecular weight excluding hydrogens is 372 g/mol. The lowest BCUT2D eigenvalue weighted by atomic mass is 10.2. The Kier molecular flexibility index (Phi) is 6.69. The number of aliphatic hydroxyl groups excluding tert-OH is 2. The Morgan fingerprint density at radius 3 is 2.66 bits per heavy atom. The van der Waals surface area contributed by atoms with Crippen molar-refractivity contribution >= 4 is 5.82 Å². The van der Waals surface area contributed by atoms with Crippen molar-refractivity contribution in [2.24, 2.45) is 0 Å². The number of anilines is 1. The van der Waals surface area contributed by atoms with Gasteiger partial charge in [0.25, 0.3) is 5.56 Å². The quantitative estimate of drug-likeness (QED) is 0.522. The molecule has 0 amide bonds. The number of nitrogens with one attached hydrogen (secondary N) is 2. The highest BCUT2D eigenvalue weighted by Crippen LogP contribution is 2.23. The molecule has 0 aliphatic heterocycles. The lowest BCUT2D eigenvalue weighted by Gasteiger charge is -2.26. The number of aromatic nitrogens is 2. The van der Waals surface area contributed by atoms with E-state index in [0.717, 1.165) is 25.1 Å². The molecular formula is C21H30N4O4. The van der Waals surface area contributed by atoms with Gasteiger partial charge in [-0.05, 0) is 63.8 Å². The van der Waals surface area contributed by atoms with Crippen LogP contribution in [0, 0.1) is 0 Å². The molecule has 158 valence electrons. The maximum atomic E-state index is 12.1. The highest BCUT2D eigenvalue weighted by Gasteiger charge is 2.27. The number of rotatable bonds is 7. The van der Waals surface area contributed by atoms with Gasteiger partial charge >= 0.3 is 0 Å². The van der Waals surface area contributed by atoms with Crippen molar-refractivity contribution in [2.75, 3.05) is 5.32 Å². The third kappa shape index (κ3) is 6.11. The molecule has 1 unspecified atom stereocenters. The highest BCUT2D eigenvalue weighted by atomic mass is 16.6. The second-order valence-electron chi connectivity index (χ2n) is 8.41. The van der Waals surface area contributed by atoms with E-state index in [1.54, 1.807) is 18.5 Å². The summed E-state index contributed by atoms with van der Waals surface area (Å²) in [7, 11) is 0. The van der Waals surface area contributed by atoms with E-state index in [-0.39, 0.29) is 24.2 Å². The van der Waals surface area contributed by atoms with Crippen LogP contribution in [0.4, 0.5) is 5.82 Å². The Morgan fingerprint density at radius 2 is 2.00 bits per heavy atom. The monoisotopic (exact) mass is 402 g/mol. The molecule has 0 spiro atoms. The van der Waals surface area contributed by atoms with Crippen LogP contribution in [-0.4, -0.2) is 43.9 Å². The Bertz CT molecular complexity index is 860. The molecule has 4 N–H and O–H groups in total. The first-order valence-corrected chi connectivity index (χ1v) is 9.91. The third-order valence-electron chi connectivity index (χ3n) is 4.81. The summed E-state index contributed by atoms with van der Waals surface area (Å²) in [5.74, 6) is 0.734. The molecule has 0 bridgehead atoms. The number of pyridine rings is 2. The normalized spacial score (nSPS) is 20.6. The van der Waals surface area contributed by atoms with E-state index in [1.165, 1.54) is 10.6 Å². The molecule has 3 atom stereocenters. The van der Waals surface area contributed by atoms with Crippen molar-refractivity contribution in [1.82, 2.24) is 14.9 Å². The fourth-order valence-electron chi connectivity index (χ4n) is 3.48. The van der Waals surface area contributed by atoms with Gasteiger partial charge in [0.1, 0.15) is 5.82 Å². The summed E-state index contributed by atoms with van der Waals surface area (Å²) < 4.78 is 6.97. The average molecular weight is 402 g/mol. The molecule has 29 heavy (non-hydrogen) atoms.